The molecular weight excluding hydrogens is 428 g/mol. The molecule has 0 saturated carbocycles. The summed E-state index contributed by atoms with van der Waals surface area (Å²) in [6, 6.07) is 9.78. The minimum atomic E-state index is -0.430. The highest BCUT2D eigenvalue weighted by Gasteiger charge is 2.15. The third-order valence-electron chi connectivity index (χ3n) is 4.06. The van der Waals surface area contributed by atoms with Crippen molar-refractivity contribution >= 4 is 38.8 Å². The van der Waals surface area contributed by atoms with Crippen molar-refractivity contribution in [1.82, 2.24) is 34.1 Å². The van der Waals surface area contributed by atoms with Gasteiger partial charge in [0.15, 0.2) is 5.65 Å². The highest BCUT2D eigenvalue weighted by Crippen LogP contribution is 2.16. The van der Waals surface area contributed by atoms with Gasteiger partial charge < -0.3 is 0 Å². The van der Waals surface area contributed by atoms with Gasteiger partial charge in [0.25, 0.3) is 5.56 Å². The molecule has 0 aliphatic rings. The first-order chi connectivity index (χ1) is 13.5. The van der Waals surface area contributed by atoms with Crippen molar-refractivity contribution in [2.45, 2.75) is 13.1 Å². The molecule has 10 nitrogen and oxygen atoms in total. The van der Waals surface area contributed by atoms with E-state index >= 15 is 0 Å². The molecule has 3 aromatic heterocycles. The van der Waals surface area contributed by atoms with E-state index in [-0.39, 0.29) is 18.1 Å². The monoisotopic (exact) mass is 442 g/mol. The molecule has 3 heterocycles. The highest BCUT2D eigenvalue weighted by atomic mass is 79.9. The molecule has 0 aliphatic carbocycles. The van der Waals surface area contributed by atoms with E-state index < -0.39 is 5.91 Å². The van der Waals surface area contributed by atoms with E-state index in [0.29, 0.717) is 22.2 Å². The largest absolute Gasteiger partial charge is 0.292 e. The Balaban J connectivity index is 1.46. The predicted molar refractivity (Wildman–Crippen MR) is 105 cm³/mol. The van der Waals surface area contributed by atoms with Gasteiger partial charge in [-0.2, -0.15) is 5.10 Å². The van der Waals surface area contributed by atoms with Crippen LogP contribution in [-0.4, -0.2) is 40.0 Å². The average Bonchev–Trinajstić information content (AvgIpc) is 3.22. The number of benzene rings is 1. The first kappa shape index (κ1) is 18.0. The molecule has 0 radical (unpaired) electrons. The van der Waals surface area contributed by atoms with Crippen LogP contribution >= 0.6 is 15.9 Å². The topological polar surface area (TPSA) is 113 Å². The normalized spacial score (nSPS) is 11.1. The van der Waals surface area contributed by atoms with E-state index in [0.717, 1.165) is 5.56 Å². The van der Waals surface area contributed by atoms with Crippen LogP contribution in [0.2, 0.25) is 0 Å². The van der Waals surface area contributed by atoms with Gasteiger partial charge >= 0.3 is 0 Å². The number of rotatable bonds is 5. The number of nitrogens with zero attached hydrogens (tertiary/aromatic N) is 7. The van der Waals surface area contributed by atoms with Gasteiger partial charge in [-0.05, 0) is 21.5 Å². The molecule has 0 unspecified atom stereocenters. The summed E-state index contributed by atoms with van der Waals surface area (Å²) in [5.41, 5.74) is 1.15. The summed E-state index contributed by atoms with van der Waals surface area (Å²) < 4.78 is 4.72. The molecule has 0 bridgehead atoms. The minimum absolute atomic E-state index is 0.172. The second kappa shape index (κ2) is 7.35. The molecule has 28 heavy (non-hydrogen) atoms. The summed E-state index contributed by atoms with van der Waals surface area (Å²) in [5, 5.41) is 11.2. The number of fused-ring (bicyclic) bond motifs is 1. The summed E-state index contributed by atoms with van der Waals surface area (Å²) in [6.07, 6.45) is 2.86. The lowest BCUT2D eigenvalue weighted by atomic mass is 10.2. The second-order valence-corrected chi connectivity index (χ2v) is 6.84. The molecule has 4 aromatic rings. The lowest BCUT2D eigenvalue weighted by Gasteiger charge is -2.05. The van der Waals surface area contributed by atoms with Gasteiger partial charge in [0, 0.05) is 7.05 Å². The Kier molecular flexibility index (Phi) is 4.74. The molecule has 1 aromatic carbocycles. The van der Waals surface area contributed by atoms with Crippen molar-refractivity contribution in [3.05, 3.63) is 63.5 Å². The third-order valence-corrected chi connectivity index (χ3v) is 4.61. The third kappa shape index (κ3) is 3.56. The van der Waals surface area contributed by atoms with Gasteiger partial charge in [0.1, 0.15) is 29.2 Å². The Bertz CT molecular complexity index is 1210. The van der Waals surface area contributed by atoms with Gasteiger partial charge in [-0.25, -0.2) is 19.3 Å². The van der Waals surface area contributed by atoms with Crippen molar-refractivity contribution in [3.8, 4) is 0 Å². The standard InChI is InChI=1S/C17H15BrN8O2/c1-24-15-13(14(18)22-24)16(28)25(9-19-15)8-12(27)21-17-20-10-26(23-17)7-11-5-3-2-4-6-11/h2-6,9-10H,7-8H2,1H3,(H,21,23,27). The number of hydrogen-bond donors (Lipinski definition) is 1. The number of aryl methyl sites for hydroxylation is 1. The number of anilines is 1. The Hall–Kier alpha value is -3.34. The fourth-order valence-electron chi connectivity index (χ4n) is 2.77. The van der Waals surface area contributed by atoms with Crippen LogP contribution in [0.5, 0.6) is 0 Å². The van der Waals surface area contributed by atoms with Gasteiger partial charge in [-0.1, -0.05) is 30.3 Å². The Morgan fingerprint density at radius 3 is 2.71 bits per heavy atom. The van der Waals surface area contributed by atoms with Crippen LogP contribution in [0.3, 0.4) is 0 Å². The zero-order chi connectivity index (χ0) is 19.7. The quantitative estimate of drug-likeness (QED) is 0.496. The second-order valence-electron chi connectivity index (χ2n) is 6.09. The van der Waals surface area contributed by atoms with Crippen molar-refractivity contribution in [3.63, 3.8) is 0 Å². The summed E-state index contributed by atoms with van der Waals surface area (Å²) >= 11 is 3.24. The first-order valence-electron chi connectivity index (χ1n) is 8.32. The maximum Gasteiger partial charge on any atom is 0.266 e. The van der Waals surface area contributed by atoms with E-state index in [4.69, 9.17) is 0 Å². The molecule has 142 valence electrons. The molecule has 0 saturated heterocycles. The SMILES string of the molecule is Cn1nc(Br)c2c(=O)n(CC(=O)Nc3ncn(Cc4ccccc4)n3)cnc21. The first-order valence-corrected chi connectivity index (χ1v) is 9.11. The number of aromatic nitrogens is 7. The van der Waals surface area contributed by atoms with Crippen LogP contribution in [0.4, 0.5) is 5.95 Å². The predicted octanol–water partition coefficient (Wildman–Crippen LogP) is 1.17. The van der Waals surface area contributed by atoms with Crippen LogP contribution in [0.15, 0.2) is 52.4 Å². The molecule has 4 rings (SSSR count). The van der Waals surface area contributed by atoms with Gasteiger partial charge in [-0.3, -0.25) is 19.5 Å². The molecular formula is C17H15BrN8O2. The lowest BCUT2D eigenvalue weighted by Crippen LogP contribution is -2.28. The zero-order valence-corrected chi connectivity index (χ0v) is 16.4. The summed E-state index contributed by atoms with van der Waals surface area (Å²) in [5.74, 6) is -0.258. The number of amides is 1. The maximum atomic E-state index is 12.6. The van der Waals surface area contributed by atoms with Crippen LogP contribution in [0.1, 0.15) is 5.56 Å². The van der Waals surface area contributed by atoms with Crippen molar-refractivity contribution in [2.24, 2.45) is 7.05 Å². The fraction of sp³-hybridized carbons (Fsp3) is 0.176. The number of carbonyl (C=O) groups is 1. The molecule has 11 heteroatoms. The van der Waals surface area contributed by atoms with Crippen molar-refractivity contribution in [1.29, 1.82) is 0 Å². The van der Waals surface area contributed by atoms with Crippen molar-refractivity contribution < 1.29 is 4.79 Å². The molecule has 0 fully saturated rings. The van der Waals surface area contributed by atoms with E-state index in [1.165, 1.54) is 21.9 Å². The molecule has 0 atom stereocenters. The molecule has 0 spiro atoms. The smallest absolute Gasteiger partial charge is 0.266 e. The molecule has 1 N–H and O–H groups in total. The zero-order valence-electron chi connectivity index (χ0n) is 14.8. The van der Waals surface area contributed by atoms with Crippen molar-refractivity contribution in [2.75, 3.05) is 5.32 Å². The maximum absolute atomic E-state index is 12.6. The van der Waals surface area contributed by atoms with Crippen LogP contribution < -0.4 is 10.9 Å². The van der Waals surface area contributed by atoms with Crippen LogP contribution in [0, 0.1) is 0 Å². The Morgan fingerprint density at radius 2 is 1.93 bits per heavy atom. The number of halogens is 1. The molecule has 1 amide bonds. The van der Waals surface area contributed by atoms with Gasteiger partial charge in [-0.15, -0.1) is 5.10 Å². The Morgan fingerprint density at radius 1 is 1.14 bits per heavy atom. The van der Waals surface area contributed by atoms with Gasteiger partial charge in [0.05, 0.1) is 6.54 Å². The summed E-state index contributed by atoms with van der Waals surface area (Å²) in [4.78, 5) is 33.2. The number of nitrogens with one attached hydrogen (secondary N) is 1. The average molecular weight is 443 g/mol. The van der Waals surface area contributed by atoms with Gasteiger partial charge in [0.2, 0.25) is 11.9 Å². The van der Waals surface area contributed by atoms with E-state index in [1.807, 2.05) is 30.3 Å². The van der Waals surface area contributed by atoms with E-state index in [1.54, 1.807) is 11.7 Å². The lowest BCUT2D eigenvalue weighted by molar-refractivity contribution is -0.116. The number of carbonyl (C=O) groups excluding carboxylic acids is 1. The highest BCUT2D eigenvalue weighted by molar-refractivity contribution is 9.10. The summed E-state index contributed by atoms with van der Waals surface area (Å²) in [6.45, 7) is 0.328. The van der Waals surface area contributed by atoms with E-state index in [2.05, 4.69) is 41.4 Å². The molecule has 0 aliphatic heterocycles. The van der Waals surface area contributed by atoms with Crippen LogP contribution in [-0.2, 0) is 24.9 Å². The minimum Gasteiger partial charge on any atom is -0.292 e. The van der Waals surface area contributed by atoms with Crippen LogP contribution in [0.25, 0.3) is 11.0 Å². The number of hydrogen-bond acceptors (Lipinski definition) is 6. The summed E-state index contributed by atoms with van der Waals surface area (Å²) in [7, 11) is 1.69. The fourth-order valence-corrected chi connectivity index (χ4v) is 3.35. The Labute approximate surface area is 167 Å². The van der Waals surface area contributed by atoms with E-state index in [9.17, 15) is 9.59 Å².